The first-order valence-electron chi connectivity index (χ1n) is 6.88. The minimum absolute atomic E-state index is 0.320. The SMILES string of the molecule is CCOC(=O)c1cnn2cc(-c3ccc(OC)cc3)cnc12. The molecular formula is C16H15N3O3. The van der Waals surface area contributed by atoms with Crippen LogP contribution < -0.4 is 4.74 Å². The maximum atomic E-state index is 11.8. The number of carbonyl (C=O) groups is 1. The molecule has 2 heterocycles. The lowest BCUT2D eigenvalue weighted by molar-refractivity contribution is 0.0528. The van der Waals surface area contributed by atoms with Crippen molar-refractivity contribution in [2.24, 2.45) is 0 Å². The van der Waals surface area contributed by atoms with Gasteiger partial charge in [-0.15, -0.1) is 0 Å². The van der Waals surface area contributed by atoms with E-state index in [0.29, 0.717) is 17.8 Å². The first-order valence-corrected chi connectivity index (χ1v) is 6.88. The van der Waals surface area contributed by atoms with Crippen LogP contribution in [-0.4, -0.2) is 34.3 Å². The Morgan fingerprint density at radius 1 is 1.18 bits per heavy atom. The number of nitrogens with zero attached hydrogens (tertiary/aromatic N) is 3. The molecule has 0 atom stereocenters. The minimum Gasteiger partial charge on any atom is -0.497 e. The normalized spacial score (nSPS) is 10.6. The number of hydrogen-bond acceptors (Lipinski definition) is 5. The average molecular weight is 297 g/mol. The number of hydrogen-bond donors (Lipinski definition) is 0. The topological polar surface area (TPSA) is 65.7 Å². The molecule has 6 nitrogen and oxygen atoms in total. The van der Waals surface area contributed by atoms with Gasteiger partial charge in [-0.3, -0.25) is 0 Å². The van der Waals surface area contributed by atoms with E-state index in [0.717, 1.165) is 16.9 Å². The predicted molar refractivity (Wildman–Crippen MR) is 80.9 cm³/mol. The highest BCUT2D eigenvalue weighted by Gasteiger charge is 2.15. The predicted octanol–water partition coefficient (Wildman–Crippen LogP) is 2.58. The summed E-state index contributed by atoms with van der Waals surface area (Å²) in [5.74, 6) is 0.378. The third-order valence-corrected chi connectivity index (χ3v) is 3.28. The van der Waals surface area contributed by atoms with Crippen molar-refractivity contribution < 1.29 is 14.3 Å². The van der Waals surface area contributed by atoms with Gasteiger partial charge in [-0.1, -0.05) is 12.1 Å². The van der Waals surface area contributed by atoms with Gasteiger partial charge in [0.05, 0.1) is 19.9 Å². The molecule has 0 amide bonds. The highest BCUT2D eigenvalue weighted by Crippen LogP contribution is 2.22. The summed E-state index contributed by atoms with van der Waals surface area (Å²) >= 11 is 0. The third-order valence-electron chi connectivity index (χ3n) is 3.28. The number of fused-ring (bicyclic) bond motifs is 1. The molecular weight excluding hydrogens is 282 g/mol. The van der Waals surface area contributed by atoms with Gasteiger partial charge in [-0.25, -0.2) is 14.3 Å². The van der Waals surface area contributed by atoms with Gasteiger partial charge >= 0.3 is 5.97 Å². The Morgan fingerprint density at radius 2 is 1.95 bits per heavy atom. The van der Waals surface area contributed by atoms with Crippen LogP contribution >= 0.6 is 0 Å². The van der Waals surface area contributed by atoms with Crippen molar-refractivity contribution in [1.82, 2.24) is 14.6 Å². The van der Waals surface area contributed by atoms with Gasteiger partial charge in [0.15, 0.2) is 5.65 Å². The molecule has 6 heteroatoms. The van der Waals surface area contributed by atoms with Crippen molar-refractivity contribution in [2.75, 3.05) is 13.7 Å². The van der Waals surface area contributed by atoms with E-state index in [1.165, 1.54) is 6.20 Å². The summed E-state index contributed by atoms with van der Waals surface area (Å²) in [4.78, 5) is 16.1. The molecule has 3 rings (SSSR count). The summed E-state index contributed by atoms with van der Waals surface area (Å²) in [6, 6.07) is 7.65. The molecule has 0 fully saturated rings. The molecule has 0 saturated heterocycles. The van der Waals surface area contributed by atoms with Crippen molar-refractivity contribution in [3.8, 4) is 16.9 Å². The van der Waals surface area contributed by atoms with Gasteiger partial charge < -0.3 is 9.47 Å². The smallest absolute Gasteiger partial charge is 0.343 e. The van der Waals surface area contributed by atoms with Crippen LogP contribution in [0.5, 0.6) is 5.75 Å². The number of ether oxygens (including phenoxy) is 2. The molecule has 3 aromatic rings. The van der Waals surface area contributed by atoms with Crippen LogP contribution in [0.1, 0.15) is 17.3 Å². The molecule has 0 unspecified atom stereocenters. The number of esters is 1. The van der Waals surface area contributed by atoms with Crippen molar-refractivity contribution in [1.29, 1.82) is 0 Å². The van der Waals surface area contributed by atoms with E-state index in [1.807, 2.05) is 30.5 Å². The van der Waals surface area contributed by atoms with E-state index >= 15 is 0 Å². The molecule has 0 radical (unpaired) electrons. The first kappa shape index (κ1) is 14.1. The van der Waals surface area contributed by atoms with Crippen LogP contribution in [0.25, 0.3) is 16.8 Å². The van der Waals surface area contributed by atoms with Crippen LogP contribution in [0.15, 0.2) is 42.9 Å². The van der Waals surface area contributed by atoms with Gasteiger partial charge in [0.25, 0.3) is 0 Å². The summed E-state index contributed by atoms with van der Waals surface area (Å²) in [5, 5.41) is 4.17. The Morgan fingerprint density at radius 3 is 2.64 bits per heavy atom. The maximum Gasteiger partial charge on any atom is 0.343 e. The van der Waals surface area contributed by atoms with Gasteiger partial charge in [-0.2, -0.15) is 5.10 Å². The highest BCUT2D eigenvalue weighted by molar-refractivity contribution is 5.95. The third kappa shape index (κ3) is 2.50. The second-order valence-corrected chi connectivity index (χ2v) is 4.62. The monoisotopic (exact) mass is 297 g/mol. The Hall–Kier alpha value is -2.89. The standard InChI is InChI=1S/C16H15N3O3/c1-3-22-16(20)14-9-18-19-10-12(8-17-15(14)19)11-4-6-13(21-2)7-5-11/h4-10H,3H2,1-2H3. The van der Waals surface area contributed by atoms with Crippen LogP contribution in [0.2, 0.25) is 0 Å². The Balaban J connectivity index is 1.98. The summed E-state index contributed by atoms with van der Waals surface area (Å²) in [6.07, 6.45) is 5.01. The maximum absolute atomic E-state index is 11.8. The second kappa shape index (κ2) is 5.85. The molecule has 0 N–H and O–H groups in total. The number of aromatic nitrogens is 3. The zero-order chi connectivity index (χ0) is 15.5. The quantitative estimate of drug-likeness (QED) is 0.692. The molecule has 22 heavy (non-hydrogen) atoms. The fourth-order valence-corrected chi connectivity index (χ4v) is 2.16. The minimum atomic E-state index is -0.415. The Labute approximate surface area is 127 Å². The molecule has 0 aliphatic rings. The first-order chi connectivity index (χ1) is 10.7. The van der Waals surface area contributed by atoms with Crippen LogP contribution in [-0.2, 0) is 4.74 Å². The average Bonchev–Trinajstić information content (AvgIpc) is 2.98. The number of methoxy groups -OCH3 is 1. The summed E-state index contributed by atoms with van der Waals surface area (Å²) in [5.41, 5.74) is 2.73. The molecule has 0 spiro atoms. The van der Waals surface area contributed by atoms with Crippen LogP contribution in [0, 0.1) is 0 Å². The molecule has 0 aliphatic heterocycles. The largest absolute Gasteiger partial charge is 0.497 e. The van der Waals surface area contributed by atoms with E-state index in [1.54, 1.807) is 24.7 Å². The highest BCUT2D eigenvalue weighted by atomic mass is 16.5. The van der Waals surface area contributed by atoms with Crippen molar-refractivity contribution >= 4 is 11.6 Å². The van der Waals surface area contributed by atoms with Crippen molar-refractivity contribution in [3.05, 3.63) is 48.4 Å². The van der Waals surface area contributed by atoms with E-state index in [2.05, 4.69) is 10.1 Å². The molecule has 1 aromatic carbocycles. The Bertz CT molecular complexity index is 809. The van der Waals surface area contributed by atoms with Gasteiger partial charge in [-0.05, 0) is 24.6 Å². The Kier molecular flexibility index (Phi) is 3.74. The van der Waals surface area contributed by atoms with E-state index < -0.39 is 5.97 Å². The molecule has 0 saturated carbocycles. The number of rotatable bonds is 4. The van der Waals surface area contributed by atoms with Crippen LogP contribution in [0.3, 0.4) is 0 Å². The lowest BCUT2D eigenvalue weighted by Crippen LogP contribution is -2.04. The van der Waals surface area contributed by atoms with E-state index in [4.69, 9.17) is 9.47 Å². The molecule has 0 bridgehead atoms. The van der Waals surface area contributed by atoms with Crippen molar-refractivity contribution in [2.45, 2.75) is 6.92 Å². The van der Waals surface area contributed by atoms with E-state index in [9.17, 15) is 4.79 Å². The summed E-state index contributed by atoms with van der Waals surface area (Å²) < 4.78 is 11.7. The molecule has 112 valence electrons. The summed E-state index contributed by atoms with van der Waals surface area (Å²) in [7, 11) is 1.63. The van der Waals surface area contributed by atoms with E-state index in [-0.39, 0.29) is 0 Å². The van der Waals surface area contributed by atoms with Gasteiger partial charge in [0.2, 0.25) is 0 Å². The fourth-order valence-electron chi connectivity index (χ4n) is 2.16. The van der Waals surface area contributed by atoms with Gasteiger partial charge in [0, 0.05) is 18.0 Å². The summed E-state index contributed by atoms with van der Waals surface area (Å²) in [6.45, 7) is 2.08. The number of benzene rings is 1. The van der Waals surface area contributed by atoms with Crippen LogP contribution in [0.4, 0.5) is 0 Å². The zero-order valence-electron chi connectivity index (χ0n) is 12.3. The van der Waals surface area contributed by atoms with Crippen molar-refractivity contribution in [3.63, 3.8) is 0 Å². The second-order valence-electron chi connectivity index (χ2n) is 4.62. The zero-order valence-corrected chi connectivity index (χ0v) is 12.3. The molecule has 2 aromatic heterocycles. The van der Waals surface area contributed by atoms with Gasteiger partial charge in [0.1, 0.15) is 11.3 Å². The number of carbonyl (C=O) groups excluding carboxylic acids is 1. The lowest BCUT2D eigenvalue weighted by atomic mass is 10.1. The fraction of sp³-hybridized carbons (Fsp3) is 0.188. The lowest BCUT2D eigenvalue weighted by Gasteiger charge is -2.04. The molecule has 0 aliphatic carbocycles.